The van der Waals surface area contributed by atoms with E-state index in [9.17, 15) is 9.59 Å². The highest BCUT2D eigenvalue weighted by Gasteiger charge is 2.11. The van der Waals surface area contributed by atoms with Crippen molar-refractivity contribution in [1.29, 1.82) is 0 Å². The number of amides is 1. The Morgan fingerprint density at radius 1 is 1.09 bits per heavy atom. The molecule has 6 heteroatoms. The van der Waals surface area contributed by atoms with Gasteiger partial charge in [-0.2, -0.15) is 0 Å². The highest BCUT2D eigenvalue weighted by atomic mass is 127. The van der Waals surface area contributed by atoms with Gasteiger partial charge in [0.15, 0.2) is 0 Å². The van der Waals surface area contributed by atoms with Crippen molar-refractivity contribution in [3.8, 4) is 0 Å². The predicted molar refractivity (Wildman–Crippen MR) is 94.6 cm³/mol. The van der Waals surface area contributed by atoms with Crippen LogP contribution in [0.3, 0.4) is 0 Å². The lowest BCUT2D eigenvalue weighted by Crippen LogP contribution is -2.12. The van der Waals surface area contributed by atoms with Gasteiger partial charge in [0.05, 0.1) is 10.6 Å². The molecule has 3 rings (SSSR count). The van der Waals surface area contributed by atoms with Crippen molar-refractivity contribution >= 4 is 56.8 Å². The van der Waals surface area contributed by atoms with Gasteiger partial charge < -0.3 is 9.73 Å². The summed E-state index contributed by atoms with van der Waals surface area (Å²) >= 11 is 8.18. The number of hydrogen-bond donors (Lipinski definition) is 1. The Balaban J connectivity index is 1.92. The van der Waals surface area contributed by atoms with E-state index in [1.807, 2.05) is 6.07 Å². The van der Waals surface area contributed by atoms with Crippen LogP contribution in [-0.4, -0.2) is 5.91 Å². The zero-order valence-corrected chi connectivity index (χ0v) is 14.0. The molecule has 0 saturated carbocycles. The van der Waals surface area contributed by atoms with E-state index in [1.54, 1.807) is 36.4 Å². The Hall–Kier alpha value is -1.86. The maximum absolute atomic E-state index is 12.3. The molecule has 0 aliphatic rings. The summed E-state index contributed by atoms with van der Waals surface area (Å²) in [5.74, 6) is -0.291. The van der Waals surface area contributed by atoms with Crippen LogP contribution >= 0.6 is 34.2 Å². The van der Waals surface area contributed by atoms with E-state index in [-0.39, 0.29) is 5.91 Å². The van der Waals surface area contributed by atoms with Crippen LogP contribution in [0, 0.1) is 3.57 Å². The van der Waals surface area contributed by atoms with Gasteiger partial charge in [-0.25, -0.2) is 4.79 Å². The van der Waals surface area contributed by atoms with E-state index in [1.165, 1.54) is 6.07 Å². The molecule has 110 valence electrons. The molecule has 1 aromatic heterocycles. The standard InChI is InChI=1S/C16H9ClINO3/c17-13-4-2-10(18)8-12(13)16(21)19-11-3-5-14-9(7-11)1-6-15(20)22-14/h1-8H,(H,19,21). The van der Waals surface area contributed by atoms with Crippen LogP contribution in [0.4, 0.5) is 5.69 Å². The molecule has 1 N–H and O–H groups in total. The van der Waals surface area contributed by atoms with Crippen LogP contribution in [0.25, 0.3) is 11.0 Å². The first kappa shape index (κ1) is 15.1. The lowest BCUT2D eigenvalue weighted by Gasteiger charge is -2.08. The number of fused-ring (bicyclic) bond motifs is 1. The third kappa shape index (κ3) is 3.15. The molecule has 0 bridgehead atoms. The first-order chi connectivity index (χ1) is 10.5. The van der Waals surface area contributed by atoms with E-state index in [0.717, 1.165) is 8.96 Å². The van der Waals surface area contributed by atoms with E-state index < -0.39 is 5.63 Å². The fourth-order valence-corrected chi connectivity index (χ4v) is 2.71. The van der Waals surface area contributed by atoms with Crippen molar-refractivity contribution in [2.24, 2.45) is 0 Å². The number of nitrogens with one attached hydrogen (secondary N) is 1. The molecule has 3 aromatic rings. The lowest BCUT2D eigenvalue weighted by atomic mass is 10.2. The summed E-state index contributed by atoms with van der Waals surface area (Å²) in [5, 5.41) is 3.91. The molecule has 0 spiro atoms. The van der Waals surface area contributed by atoms with E-state index >= 15 is 0 Å². The van der Waals surface area contributed by atoms with Gasteiger partial charge in [-0.3, -0.25) is 4.79 Å². The summed E-state index contributed by atoms with van der Waals surface area (Å²) < 4.78 is 5.97. The molecule has 4 nitrogen and oxygen atoms in total. The fraction of sp³-hybridized carbons (Fsp3) is 0. The molecule has 22 heavy (non-hydrogen) atoms. The van der Waals surface area contributed by atoms with E-state index in [4.69, 9.17) is 16.0 Å². The van der Waals surface area contributed by atoms with Gasteiger partial charge in [0, 0.05) is 20.7 Å². The zero-order chi connectivity index (χ0) is 15.7. The van der Waals surface area contributed by atoms with Crippen LogP contribution in [0.1, 0.15) is 10.4 Å². The molecule has 0 aliphatic heterocycles. The van der Waals surface area contributed by atoms with Gasteiger partial charge in [0.25, 0.3) is 5.91 Å². The lowest BCUT2D eigenvalue weighted by molar-refractivity contribution is 0.102. The third-order valence-corrected chi connectivity index (χ3v) is 4.05. The number of rotatable bonds is 2. The summed E-state index contributed by atoms with van der Waals surface area (Å²) in [6.45, 7) is 0. The van der Waals surface area contributed by atoms with Crippen molar-refractivity contribution in [3.63, 3.8) is 0 Å². The fourth-order valence-electron chi connectivity index (χ4n) is 2.02. The van der Waals surface area contributed by atoms with Crippen LogP contribution in [0.2, 0.25) is 5.02 Å². The van der Waals surface area contributed by atoms with Crippen molar-refractivity contribution in [1.82, 2.24) is 0 Å². The monoisotopic (exact) mass is 425 g/mol. The predicted octanol–water partition coefficient (Wildman–Crippen LogP) is 4.30. The minimum atomic E-state index is -0.407. The van der Waals surface area contributed by atoms with Gasteiger partial charge in [-0.15, -0.1) is 0 Å². The Labute approximate surface area is 144 Å². The molecule has 1 amide bonds. The summed E-state index contributed by atoms with van der Waals surface area (Å²) in [7, 11) is 0. The number of carbonyl (C=O) groups is 1. The largest absolute Gasteiger partial charge is 0.423 e. The van der Waals surface area contributed by atoms with Crippen LogP contribution in [0.15, 0.2) is 57.7 Å². The van der Waals surface area contributed by atoms with E-state index in [0.29, 0.717) is 21.9 Å². The van der Waals surface area contributed by atoms with Gasteiger partial charge in [0.2, 0.25) is 0 Å². The quantitative estimate of drug-likeness (QED) is 0.492. The molecular weight excluding hydrogens is 417 g/mol. The van der Waals surface area contributed by atoms with Crippen molar-refractivity contribution < 1.29 is 9.21 Å². The first-order valence-electron chi connectivity index (χ1n) is 6.33. The second-order valence-electron chi connectivity index (χ2n) is 4.59. The third-order valence-electron chi connectivity index (χ3n) is 3.05. The molecule has 0 saturated heterocycles. The van der Waals surface area contributed by atoms with Crippen molar-refractivity contribution in [2.45, 2.75) is 0 Å². The Morgan fingerprint density at radius 3 is 2.73 bits per heavy atom. The van der Waals surface area contributed by atoms with Gasteiger partial charge in [-0.05, 0) is 65.1 Å². The molecule has 0 radical (unpaired) electrons. The van der Waals surface area contributed by atoms with Crippen LogP contribution in [0.5, 0.6) is 0 Å². The number of halogens is 2. The highest BCUT2D eigenvalue weighted by Crippen LogP contribution is 2.22. The molecule has 0 fully saturated rings. The number of carbonyl (C=O) groups excluding carboxylic acids is 1. The van der Waals surface area contributed by atoms with Gasteiger partial charge >= 0.3 is 5.63 Å². The normalized spacial score (nSPS) is 10.6. The Bertz CT molecular complexity index is 936. The number of hydrogen-bond acceptors (Lipinski definition) is 3. The highest BCUT2D eigenvalue weighted by molar-refractivity contribution is 14.1. The van der Waals surface area contributed by atoms with Gasteiger partial charge in [0.1, 0.15) is 5.58 Å². The molecule has 2 aromatic carbocycles. The smallest absolute Gasteiger partial charge is 0.336 e. The minimum absolute atomic E-state index is 0.291. The summed E-state index contributed by atoms with van der Waals surface area (Å²) in [5.41, 5.74) is 1.07. The number of benzene rings is 2. The summed E-state index contributed by atoms with van der Waals surface area (Å²) in [6.07, 6.45) is 0. The minimum Gasteiger partial charge on any atom is -0.423 e. The maximum Gasteiger partial charge on any atom is 0.336 e. The SMILES string of the molecule is O=C(Nc1ccc2oc(=O)ccc2c1)c1cc(I)ccc1Cl. The second-order valence-corrected chi connectivity index (χ2v) is 6.24. The van der Waals surface area contributed by atoms with Crippen LogP contribution < -0.4 is 10.9 Å². The van der Waals surface area contributed by atoms with E-state index in [2.05, 4.69) is 27.9 Å². The Morgan fingerprint density at radius 2 is 1.91 bits per heavy atom. The van der Waals surface area contributed by atoms with Crippen LogP contribution in [-0.2, 0) is 0 Å². The molecule has 1 heterocycles. The zero-order valence-electron chi connectivity index (χ0n) is 11.1. The van der Waals surface area contributed by atoms with Crippen molar-refractivity contribution in [2.75, 3.05) is 5.32 Å². The van der Waals surface area contributed by atoms with Gasteiger partial charge in [-0.1, -0.05) is 11.6 Å². The average molecular weight is 426 g/mol. The van der Waals surface area contributed by atoms with Crippen molar-refractivity contribution in [3.05, 3.63) is 73.1 Å². The first-order valence-corrected chi connectivity index (χ1v) is 7.79. The molecule has 0 atom stereocenters. The summed E-state index contributed by atoms with van der Waals surface area (Å²) in [4.78, 5) is 23.5. The molecule has 0 unspecified atom stereocenters. The second kappa shape index (κ2) is 6.10. The number of anilines is 1. The average Bonchev–Trinajstić information content (AvgIpc) is 2.49. The topological polar surface area (TPSA) is 59.3 Å². The Kier molecular flexibility index (Phi) is 4.17. The molecule has 0 aliphatic carbocycles. The summed E-state index contributed by atoms with van der Waals surface area (Å²) in [6, 6.07) is 13.3. The molecular formula is C16H9ClINO3. The maximum atomic E-state index is 12.3.